The summed E-state index contributed by atoms with van der Waals surface area (Å²) < 4.78 is 116. The number of amides is 1. The first kappa shape index (κ1) is 92.3. The third kappa shape index (κ3) is 30.0. The third-order valence-electron chi connectivity index (χ3n) is 19.3. The van der Waals surface area contributed by atoms with Crippen LogP contribution in [0.4, 0.5) is 24.8 Å². The van der Waals surface area contributed by atoms with E-state index in [0.717, 1.165) is 56.2 Å². The number of alkyl halides is 3. The van der Waals surface area contributed by atoms with Gasteiger partial charge in [0.25, 0.3) is 0 Å². The number of rotatable bonds is 26. The fourth-order valence-electron chi connectivity index (χ4n) is 13.6. The summed E-state index contributed by atoms with van der Waals surface area (Å²) in [7, 11) is -10.6. The van der Waals surface area contributed by atoms with E-state index in [1.165, 1.54) is 50.4 Å². The lowest BCUT2D eigenvalue weighted by molar-refractivity contribution is -0.174. The lowest BCUT2D eigenvalue weighted by atomic mass is 9.96. The summed E-state index contributed by atoms with van der Waals surface area (Å²) in [4.78, 5) is 73.7. The molecule has 6 aromatic heterocycles. The molecule has 4 fully saturated rings. The molecule has 0 bridgehead atoms. The normalized spacial score (nSPS) is 19.8. The highest BCUT2D eigenvalue weighted by atomic mass is 79.9. The molecule has 9 aromatic rings. The molecule has 1 saturated heterocycles. The van der Waals surface area contributed by atoms with Gasteiger partial charge in [0.05, 0.1) is 59.7 Å². The number of nitrogens with two attached hydrogens (primary N) is 3. The minimum Gasteiger partial charge on any atom is -0.393 e. The topological polar surface area (TPSA) is 445 Å². The molecule has 9 atom stereocenters. The fraction of sp³-hybridized carbons (Fsp3) is 0.427. The Labute approximate surface area is 695 Å². The Bertz CT molecular complexity index is 4920. The van der Waals surface area contributed by atoms with Crippen molar-refractivity contribution in [1.29, 1.82) is 0 Å². The number of nitrogens with one attached hydrogen (secondary N) is 3. The number of primary sulfonamides is 3. The van der Waals surface area contributed by atoms with Crippen LogP contribution in [-0.4, -0.2) is 174 Å². The van der Waals surface area contributed by atoms with Crippen molar-refractivity contribution in [1.82, 2.24) is 64.6 Å². The summed E-state index contributed by atoms with van der Waals surface area (Å²) in [6, 6.07) is 28.0. The van der Waals surface area contributed by atoms with Gasteiger partial charge in [-0.05, 0) is 172 Å². The monoisotopic (exact) mass is 1860 g/mol. The van der Waals surface area contributed by atoms with Crippen LogP contribution in [0.5, 0.6) is 0 Å². The lowest BCUT2D eigenvalue weighted by Crippen LogP contribution is -2.42. The Morgan fingerprint density at radius 3 is 1.26 bits per heavy atom. The Kier molecular flexibility index (Phi) is 34.3. The predicted octanol–water partition coefficient (Wildman–Crippen LogP) is 10.7. The van der Waals surface area contributed by atoms with Gasteiger partial charge >= 0.3 is 12.1 Å². The second kappa shape index (κ2) is 42.8. The molecule has 1 aliphatic heterocycles. The van der Waals surface area contributed by atoms with E-state index in [9.17, 15) is 62.7 Å². The van der Waals surface area contributed by atoms with Crippen molar-refractivity contribution in [3.05, 3.63) is 216 Å². The summed E-state index contributed by atoms with van der Waals surface area (Å²) in [6.07, 6.45) is 15.1. The number of hydrogen-bond donors (Lipinski definition) is 7. The number of aliphatic hydroxyl groups excluding tert-OH is 1. The number of carbonyl (C=O) groups is 4. The highest BCUT2D eigenvalue weighted by Crippen LogP contribution is 2.38. The molecule has 620 valence electrons. The largest absolute Gasteiger partial charge is 0.471 e. The van der Waals surface area contributed by atoms with Gasteiger partial charge in [0.15, 0.2) is 0 Å². The van der Waals surface area contributed by atoms with Crippen LogP contribution in [0.25, 0.3) is 0 Å². The van der Waals surface area contributed by atoms with Gasteiger partial charge in [-0.15, -0.1) is 0 Å². The van der Waals surface area contributed by atoms with Crippen LogP contribution in [0.3, 0.4) is 0 Å². The van der Waals surface area contributed by atoms with Crippen LogP contribution in [0.15, 0.2) is 161 Å². The molecule has 115 heavy (non-hydrogen) atoms. The zero-order valence-corrected chi connectivity index (χ0v) is 69.9. The van der Waals surface area contributed by atoms with Crippen LogP contribution in [0.2, 0.25) is 5.15 Å². The average Bonchev–Trinajstić information content (AvgIpc) is 1.72. The summed E-state index contributed by atoms with van der Waals surface area (Å²) >= 11 is 16.3. The first-order valence-corrected chi connectivity index (χ1v) is 44.1. The standard InChI is InChI=1S/C23H27BrN6O3S.C22H25BrN6O4S.C15H10BrClN4O.C10H17F3N2O3S.C4H8O.CH4/c1-15-9-19(11-17(15)6-8-34(25,32)33)28-23-20(12-26-14-27-23)22(31)21-5-7-30(29-21)13-16-3-2-4-18(24)10-16;23-16-3-1-2-14(8-16)12-29-6-4-19(28-29)21(31)18-11-25-13-26-22(18)27-17-9-15(20(30)10-17)5-7-34(24,32)33;16-11-3-1-2-10(6-11)8-21-5-4-13(20-21)14(22)12-7-18-9-19-15(12)17;1-6-4-8(15-9(16)10(11,12)13)5-7(6)2-3-19(14,17)18;1-2-4-5-3-1;/h2-5,7,10,12,14-15,17,19H,6,8-9,11,13H2,1H3,(H2,25,32,33)(H,26,27,28);1-4,6,8,11,13,15,17,20,30H,5,7,9-10,12H2,(H2,24,32,33)(H,25,26,27);1-7,9H,8H2;6-8H,2-5H2,1H3,(H,15,16)(H2,14,17,18);1-4H2;1H4/t15-,17-,19-;15-,17+,20-;;6-,7-,8-;;/m00.0../s1. The minimum atomic E-state index is -4.89. The molecule has 3 saturated carbocycles. The SMILES string of the molecule is C.C1CCOC1.C[C@H]1C[C@H](NC(=O)C(F)(F)F)C[C@@H]1CCS(N)(=O)=O.C[C@H]1C[C@H](Nc2ncncc2C(=O)c2ccn(Cc3cccc(Br)c3)n2)C[C@@H]1CCS(N)(=O)=O.NS(=O)(=O)CC[C@H]1C[C@@H](Nc2ncncc2C(=O)c2ccn(Cc3cccc(Br)c3)n2)C[C@@H]1O.O=C(c1ccn(Cc2cccc(Br)c2)n1)c1cncnc1Cl. The Morgan fingerprint density at radius 2 is 0.887 bits per heavy atom. The number of ether oxygens (including phenoxy) is 1. The van der Waals surface area contributed by atoms with Crippen molar-refractivity contribution in [2.24, 2.45) is 45.0 Å². The first-order valence-electron chi connectivity index (χ1n) is 36.2. The van der Waals surface area contributed by atoms with Crippen LogP contribution in [-0.2, 0) is 59.2 Å². The zero-order chi connectivity index (χ0) is 82.5. The summed E-state index contributed by atoms with van der Waals surface area (Å²) in [5, 5.41) is 47.3. The van der Waals surface area contributed by atoms with Crippen molar-refractivity contribution >= 4 is 124 Å². The maximum atomic E-state index is 13.2. The molecule has 0 unspecified atom stereocenters. The molecule has 0 spiro atoms. The molecular formula is C75H91Br3ClF3N18O12S3. The highest BCUT2D eigenvalue weighted by molar-refractivity contribution is 9.11. The van der Waals surface area contributed by atoms with E-state index in [1.54, 1.807) is 50.8 Å². The molecule has 40 heteroatoms. The van der Waals surface area contributed by atoms with Gasteiger partial charge in [-0.25, -0.2) is 70.6 Å². The number of benzene rings is 3. The smallest absolute Gasteiger partial charge is 0.393 e. The van der Waals surface area contributed by atoms with Crippen molar-refractivity contribution < 1.29 is 67.4 Å². The van der Waals surface area contributed by atoms with E-state index >= 15 is 0 Å². The van der Waals surface area contributed by atoms with Crippen LogP contribution in [0, 0.1) is 29.6 Å². The molecular weight excluding hydrogens is 1770 g/mol. The van der Waals surface area contributed by atoms with Crippen molar-refractivity contribution in [2.75, 3.05) is 41.1 Å². The van der Waals surface area contributed by atoms with Crippen LogP contribution in [0.1, 0.15) is 157 Å². The number of anilines is 2. The second-order valence-electron chi connectivity index (χ2n) is 28.2. The van der Waals surface area contributed by atoms with E-state index < -0.39 is 54.3 Å². The van der Waals surface area contributed by atoms with Crippen LogP contribution < -0.4 is 31.4 Å². The highest BCUT2D eigenvalue weighted by Gasteiger charge is 2.42. The third-order valence-corrected chi connectivity index (χ3v) is 23.5. The Hall–Kier alpha value is -8.22. The molecule has 3 aliphatic carbocycles. The van der Waals surface area contributed by atoms with E-state index in [2.05, 4.69) is 111 Å². The summed E-state index contributed by atoms with van der Waals surface area (Å²) in [5.74, 6) is -2.00. The molecule has 30 nitrogen and oxygen atoms in total. The number of aromatic nitrogens is 12. The van der Waals surface area contributed by atoms with Crippen molar-refractivity contribution in [3.63, 3.8) is 0 Å². The molecule has 0 radical (unpaired) electrons. The lowest BCUT2D eigenvalue weighted by Gasteiger charge is -2.15. The number of sulfonamides is 3. The summed E-state index contributed by atoms with van der Waals surface area (Å²) in [6.45, 7) is 7.57. The van der Waals surface area contributed by atoms with Gasteiger partial charge in [0.2, 0.25) is 47.4 Å². The van der Waals surface area contributed by atoms with Crippen molar-refractivity contribution in [2.45, 2.75) is 142 Å². The molecule has 10 N–H and O–H groups in total. The zero-order valence-electron chi connectivity index (χ0n) is 61.9. The number of halogens is 7. The Morgan fingerprint density at radius 1 is 0.530 bits per heavy atom. The van der Waals surface area contributed by atoms with E-state index in [0.29, 0.717) is 92.7 Å². The van der Waals surface area contributed by atoms with Crippen LogP contribution >= 0.6 is 59.4 Å². The second-order valence-corrected chi connectivity index (χ2v) is 36.5. The van der Waals surface area contributed by atoms with Gasteiger partial charge in [-0.2, -0.15) is 28.5 Å². The number of carbonyl (C=O) groups excluding carboxylic acids is 4. The number of aliphatic hydroxyl groups is 1. The molecule has 3 aromatic carbocycles. The maximum absolute atomic E-state index is 13.2. The van der Waals surface area contributed by atoms with Gasteiger partial charge in [-0.3, -0.25) is 33.2 Å². The predicted molar refractivity (Wildman–Crippen MR) is 438 cm³/mol. The van der Waals surface area contributed by atoms with E-state index in [-0.39, 0.29) is 106 Å². The first-order chi connectivity index (χ1) is 54.0. The van der Waals surface area contributed by atoms with Gasteiger partial charge in [0, 0.05) is 81.9 Å². The maximum Gasteiger partial charge on any atom is 0.471 e. The van der Waals surface area contributed by atoms with Gasteiger partial charge < -0.3 is 25.8 Å². The van der Waals surface area contributed by atoms with Gasteiger partial charge in [-0.1, -0.05) is 117 Å². The minimum absolute atomic E-state index is 0. The van der Waals surface area contributed by atoms with Gasteiger partial charge in [0.1, 0.15) is 52.9 Å². The average molecular weight is 1870 g/mol. The molecule has 7 heterocycles. The Balaban J connectivity index is 0.000000192. The number of nitrogens with zero attached hydrogens (tertiary/aromatic N) is 12. The quantitative estimate of drug-likeness (QED) is 0.0196. The molecule has 1 amide bonds. The number of ketones is 3. The molecule has 4 aliphatic rings. The fourth-order valence-corrected chi connectivity index (χ4v) is 17.0. The molecule has 13 rings (SSSR count). The number of hydrogen-bond acceptors (Lipinski definition) is 23. The summed E-state index contributed by atoms with van der Waals surface area (Å²) in [5.41, 5.74) is 4.96. The van der Waals surface area contributed by atoms with Crippen molar-refractivity contribution in [3.8, 4) is 0 Å². The van der Waals surface area contributed by atoms with E-state index in [4.69, 9.17) is 31.8 Å². The van der Waals surface area contributed by atoms with E-state index in [1.807, 2.05) is 85.0 Å².